The molecule has 0 aliphatic heterocycles. The summed E-state index contributed by atoms with van der Waals surface area (Å²) in [6.45, 7) is 1.30. The number of benzene rings is 3. The Balaban J connectivity index is 1.67. The molecule has 0 aliphatic rings. The fraction of sp³-hybridized carbons (Fsp3) is 0.0870. The highest BCUT2D eigenvalue weighted by atomic mass is 16.6. The molecule has 0 radical (unpaired) electrons. The zero-order chi connectivity index (χ0) is 23.1. The first-order chi connectivity index (χ1) is 15.3. The fourth-order valence-electron chi connectivity index (χ4n) is 2.84. The second-order valence-electron chi connectivity index (χ2n) is 6.76. The largest absolute Gasteiger partial charge is 0.457 e. The van der Waals surface area contributed by atoms with Gasteiger partial charge in [0.05, 0.1) is 16.1 Å². The summed E-state index contributed by atoms with van der Waals surface area (Å²) in [5, 5.41) is 16.1. The van der Waals surface area contributed by atoms with Gasteiger partial charge in [0.1, 0.15) is 6.61 Å². The maximum absolute atomic E-state index is 12.7. The number of nitrogens with zero attached hydrogens (tertiary/aromatic N) is 1. The zero-order valence-electron chi connectivity index (χ0n) is 17.0. The number of hydrogen-bond donors (Lipinski definition) is 2. The number of amides is 2. The topological polar surface area (TPSA) is 128 Å². The molecule has 3 rings (SSSR count). The van der Waals surface area contributed by atoms with Crippen LogP contribution in [0, 0.1) is 10.1 Å². The molecule has 0 heterocycles. The van der Waals surface area contributed by atoms with E-state index >= 15 is 0 Å². The van der Waals surface area contributed by atoms with Crippen molar-refractivity contribution in [1.82, 2.24) is 0 Å². The van der Waals surface area contributed by atoms with Crippen molar-refractivity contribution in [2.24, 2.45) is 0 Å². The zero-order valence-corrected chi connectivity index (χ0v) is 17.0. The monoisotopic (exact) mass is 433 g/mol. The lowest BCUT2D eigenvalue weighted by molar-refractivity contribution is -0.384. The van der Waals surface area contributed by atoms with Gasteiger partial charge in [-0.1, -0.05) is 12.1 Å². The molecule has 9 heteroatoms. The average molecular weight is 433 g/mol. The first-order valence-corrected chi connectivity index (χ1v) is 9.52. The van der Waals surface area contributed by atoms with E-state index in [0.29, 0.717) is 16.9 Å². The molecular weight excluding hydrogens is 414 g/mol. The molecular formula is C23H19N3O6. The van der Waals surface area contributed by atoms with Crippen molar-refractivity contribution in [3.63, 3.8) is 0 Å². The first-order valence-electron chi connectivity index (χ1n) is 9.52. The third kappa shape index (κ3) is 5.76. The van der Waals surface area contributed by atoms with Gasteiger partial charge >= 0.3 is 5.97 Å². The molecule has 0 unspecified atom stereocenters. The van der Waals surface area contributed by atoms with Crippen LogP contribution in [0.4, 0.5) is 17.1 Å². The SMILES string of the molecule is CC(=O)Nc1ccc(NC(=O)c2ccccc2C(=O)OCc2ccc([N+](=O)[O-])cc2)cc1. The van der Waals surface area contributed by atoms with Crippen LogP contribution in [0.5, 0.6) is 0 Å². The number of nitro benzene ring substituents is 1. The van der Waals surface area contributed by atoms with Crippen LogP contribution in [0.3, 0.4) is 0 Å². The van der Waals surface area contributed by atoms with Crippen molar-refractivity contribution >= 4 is 34.8 Å². The molecule has 0 bridgehead atoms. The number of ether oxygens (including phenoxy) is 1. The van der Waals surface area contributed by atoms with Gasteiger partial charge in [-0.15, -0.1) is 0 Å². The van der Waals surface area contributed by atoms with Crippen LogP contribution in [-0.4, -0.2) is 22.7 Å². The van der Waals surface area contributed by atoms with Gasteiger partial charge in [0, 0.05) is 30.4 Å². The molecule has 3 aromatic rings. The van der Waals surface area contributed by atoms with Crippen molar-refractivity contribution in [3.05, 3.63) is 99.6 Å². The maximum atomic E-state index is 12.7. The van der Waals surface area contributed by atoms with Crippen LogP contribution in [0.15, 0.2) is 72.8 Å². The summed E-state index contributed by atoms with van der Waals surface area (Å²) in [5.74, 6) is -1.40. The van der Waals surface area contributed by atoms with Crippen LogP contribution < -0.4 is 10.6 Å². The molecule has 2 amide bonds. The van der Waals surface area contributed by atoms with Crippen molar-refractivity contribution < 1.29 is 24.0 Å². The van der Waals surface area contributed by atoms with E-state index in [-0.39, 0.29) is 29.3 Å². The van der Waals surface area contributed by atoms with Crippen LogP contribution in [0.1, 0.15) is 33.2 Å². The highest BCUT2D eigenvalue weighted by molar-refractivity contribution is 6.11. The molecule has 9 nitrogen and oxygen atoms in total. The van der Waals surface area contributed by atoms with E-state index < -0.39 is 16.8 Å². The number of nitro groups is 1. The van der Waals surface area contributed by atoms with Gasteiger partial charge in [0.2, 0.25) is 5.91 Å². The number of nitrogens with one attached hydrogen (secondary N) is 2. The summed E-state index contributed by atoms with van der Waals surface area (Å²) in [4.78, 5) is 46.6. The molecule has 0 fully saturated rings. The van der Waals surface area contributed by atoms with Crippen molar-refractivity contribution in [2.75, 3.05) is 10.6 Å². The number of esters is 1. The van der Waals surface area contributed by atoms with Crippen LogP contribution in [-0.2, 0) is 16.1 Å². The number of anilines is 2. The highest BCUT2D eigenvalue weighted by Gasteiger charge is 2.18. The Hall–Kier alpha value is -4.53. The molecule has 0 spiro atoms. The minimum atomic E-state index is -0.699. The van der Waals surface area contributed by atoms with E-state index in [2.05, 4.69) is 10.6 Å². The second-order valence-corrected chi connectivity index (χ2v) is 6.76. The lowest BCUT2D eigenvalue weighted by atomic mass is 10.1. The minimum absolute atomic E-state index is 0.0628. The van der Waals surface area contributed by atoms with E-state index in [1.54, 1.807) is 36.4 Å². The normalized spacial score (nSPS) is 10.2. The van der Waals surface area contributed by atoms with Gasteiger partial charge < -0.3 is 15.4 Å². The van der Waals surface area contributed by atoms with Crippen molar-refractivity contribution in [2.45, 2.75) is 13.5 Å². The average Bonchev–Trinajstić information content (AvgIpc) is 2.78. The molecule has 0 atom stereocenters. The standard InChI is InChI=1S/C23H19N3O6/c1-15(27)24-17-8-10-18(11-9-17)25-22(28)20-4-2-3-5-21(20)23(29)32-14-16-6-12-19(13-7-16)26(30)31/h2-13H,14H2,1H3,(H,24,27)(H,25,28). The summed E-state index contributed by atoms with van der Waals surface area (Å²) < 4.78 is 5.28. The maximum Gasteiger partial charge on any atom is 0.339 e. The summed E-state index contributed by atoms with van der Waals surface area (Å²) in [5.41, 5.74) is 1.80. The lowest BCUT2D eigenvalue weighted by Crippen LogP contribution is -2.17. The first kappa shape index (κ1) is 22.2. The molecule has 32 heavy (non-hydrogen) atoms. The third-order valence-electron chi connectivity index (χ3n) is 4.37. The Morgan fingerprint density at radius 3 is 1.97 bits per heavy atom. The Morgan fingerprint density at radius 2 is 1.41 bits per heavy atom. The van der Waals surface area contributed by atoms with Crippen molar-refractivity contribution in [3.8, 4) is 0 Å². The summed E-state index contributed by atoms with van der Waals surface area (Å²) in [7, 11) is 0. The van der Waals surface area contributed by atoms with Crippen LogP contribution in [0.2, 0.25) is 0 Å². The van der Waals surface area contributed by atoms with Gasteiger partial charge in [-0.05, 0) is 54.1 Å². The summed E-state index contributed by atoms with van der Waals surface area (Å²) in [6.07, 6.45) is 0. The van der Waals surface area contributed by atoms with Gasteiger partial charge in [-0.2, -0.15) is 0 Å². The van der Waals surface area contributed by atoms with Gasteiger partial charge in [0.25, 0.3) is 11.6 Å². The molecule has 0 aromatic heterocycles. The van der Waals surface area contributed by atoms with Gasteiger partial charge in [-0.3, -0.25) is 19.7 Å². The van der Waals surface area contributed by atoms with Crippen molar-refractivity contribution in [1.29, 1.82) is 0 Å². The van der Waals surface area contributed by atoms with E-state index in [1.807, 2.05) is 0 Å². The number of non-ortho nitro benzene ring substituents is 1. The lowest BCUT2D eigenvalue weighted by Gasteiger charge is -2.11. The highest BCUT2D eigenvalue weighted by Crippen LogP contribution is 2.18. The quantitative estimate of drug-likeness (QED) is 0.327. The number of rotatable bonds is 7. The minimum Gasteiger partial charge on any atom is -0.457 e. The van der Waals surface area contributed by atoms with E-state index in [4.69, 9.17) is 4.74 Å². The van der Waals surface area contributed by atoms with E-state index in [1.165, 1.54) is 43.3 Å². The predicted molar refractivity (Wildman–Crippen MR) is 117 cm³/mol. The molecule has 0 aliphatic carbocycles. The van der Waals surface area contributed by atoms with Crippen LogP contribution >= 0.6 is 0 Å². The fourth-order valence-corrected chi connectivity index (χ4v) is 2.84. The number of carbonyl (C=O) groups is 3. The smallest absolute Gasteiger partial charge is 0.339 e. The van der Waals surface area contributed by atoms with Gasteiger partial charge in [-0.25, -0.2) is 4.79 Å². The Labute approximate surface area is 183 Å². The van der Waals surface area contributed by atoms with E-state index in [0.717, 1.165) is 0 Å². The summed E-state index contributed by atoms with van der Waals surface area (Å²) in [6, 6.07) is 18.4. The predicted octanol–water partition coefficient (Wildman–Crippen LogP) is 4.16. The molecule has 0 saturated heterocycles. The molecule has 3 aromatic carbocycles. The number of hydrogen-bond acceptors (Lipinski definition) is 6. The Bertz CT molecular complexity index is 1160. The Morgan fingerprint density at radius 1 is 0.844 bits per heavy atom. The van der Waals surface area contributed by atoms with Crippen LogP contribution in [0.25, 0.3) is 0 Å². The molecule has 2 N–H and O–H groups in total. The third-order valence-corrected chi connectivity index (χ3v) is 4.37. The van der Waals surface area contributed by atoms with Gasteiger partial charge in [0.15, 0.2) is 0 Å². The molecule has 0 saturated carbocycles. The molecule has 162 valence electrons. The second kappa shape index (κ2) is 9.98. The van der Waals surface area contributed by atoms with E-state index in [9.17, 15) is 24.5 Å². The Kier molecular flexibility index (Phi) is 6.92. The summed E-state index contributed by atoms with van der Waals surface area (Å²) >= 11 is 0. The number of carbonyl (C=O) groups excluding carboxylic acids is 3.